The Kier molecular flexibility index (Phi) is 2.91. The third-order valence-corrected chi connectivity index (χ3v) is 2.46. The average molecular weight is 212 g/mol. The standard InChI is InChI=1S/C9H8O4S/c1-2-7-4-3-5-8(6-7)9(10)14(11,12)13/h1,3-6,9-10H,(H,11,12,13). The van der Waals surface area contributed by atoms with E-state index in [4.69, 9.17) is 11.0 Å². The van der Waals surface area contributed by atoms with Crippen molar-refractivity contribution in [1.29, 1.82) is 0 Å². The lowest BCUT2D eigenvalue weighted by atomic mass is 10.1. The number of hydrogen-bond donors (Lipinski definition) is 2. The Hall–Kier alpha value is -1.35. The van der Waals surface area contributed by atoms with Gasteiger partial charge in [0.2, 0.25) is 5.44 Å². The summed E-state index contributed by atoms with van der Waals surface area (Å²) in [5.41, 5.74) is -1.47. The minimum atomic E-state index is -4.49. The Morgan fingerprint density at radius 2 is 2.07 bits per heavy atom. The maximum absolute atomic E-state index is 10.6. The van der Waals surface area contributed by atoms with E-state index >= 15 is 0 Å². The van der Waals surface area contributed by atoms with E-state index in [0.29, 0.717) is 5.56 Å². The summed E-state index contributed by atoms with van der Waals surface area (Å²) in [5, 5.41) is 9.17. The maximum Gasteiger partial charge on any atom is 0.296 e. The molecule has 74 valence electrons. The van der Waals surface area contributed by atoms with E-state index in [0.717, 1.165) is 0 Å². The van der Waals surface area contributed by atoms with E-state index in [-0.39, 0.29) is 5.56 Å². The summed E-state index contributed by atoms with van der Waals surface area (Å²) in [5.74, 6) is 2.29. The molecule has 0 amide bonds. The highest BCUT2D eigenvalue weighted by Crippen LogP contribution is 2.18. The zero-order valence-electron chi connectivity index (χ0n) is 7.08. The molecule has 0 aromatic heterocycles. The number of aliphatic hydroxyl groups excluding tert-OH is 1. The van der Waals surface area contributed by atoms with E-state index in [1.165, 1.54) is 18.2 Å². The second kappa shape index (κ2) is 3.80. The van der Waals surface area contributed by atoms with E-state index in [1.807, 2.05) is 0 Å². The van der Waals surface area contributed by atoms with Crippen molar-refractivity contribution in [3.63, 3.8) is 0 Å². The molecule has 1 atom stereocenters. The molecule has 0 aliphatic heterocycles. The molecule has 0 radical (unpaired) electrons. The quantitative estimate of drug-likeness (QED) is 0.554. The highest BCUT2D eigenvalue weighted by Gasteiger charge is 2.21. The Labute approximate surface area is 81.9 Å². The Bertz CT molecular complexity index is 470. The van der Waals surface area contributed by atoms with Gasteiger partial charge in [-0.3, -0.25) is 4.55 Å². The fourth-order valence-corrected chi connectivity index (χ4v) is 1.44. The molecule has 1 aromatic rings. The Morgan fingerprint density at radius 1 is 1.43 bits per heavy atom. The van der Waals surface area contributed by atoms with Crippen LogP contribution in [0, 0.1) is 12.3 Å². The summed E-state index contributed by atoms with van der Waals surface area (Å²) in [6.45, 7) is 0. The second-order valence-electron chi connectivity index (χ2n) is 2.64. The van der Waals surface area contributed by atoms with Gasteiger partial charge in [-0.1, -0.05) is 18.1 Å². The predicted molar refractivity (Wildman–Crippen MR) is 50.9 cm³/mol. The average Bonchev–Trinajstić information content (AvgIpc) is 2.15. The van der Waals surface area contributed by atoms with Gasteiger partial charge in [0.1, 0.15) is 0 Å². The van der Waals surface area contributed by atoms with Gasteiger partial charge < -0.3 is 5.11 Å². The molecule has 14 heavy (non-hydrogen) atoms. The van der Waals surface area contributed by atoms with Crippen molar-refractivity contribution in [3.05, 3.63) is 35.4 Å². The summed E-state index contributed by atoms with van der Waals surface area (Å²) >= 11 is 0. The van der Waals surface area contributed by atoms with E-state index in [9.17, 15) is 13.5 Å². The van der Waals surface area contributed by atoms with Gasteiger partial charge in [0.15, 0.2) is 0 Å². The van der Waals surface area contributed by atoms with Crippen molar-refractivity contribution >= 4 is 10.1 Å². The summed E-state index contributed by atoms with van der Waals surface area (Å²) in [4.78, 5) is 0. The van der Waals surface area contributed by atoms with Crippen LogP contribution in [0.15, 0.2) is 24.3 Å². The molecular weight excluding hydrogens is 204 g/mol. The fraction of sp³-hybridized carbons (Fsp3) is 0.111. The van der Waals surface area contributed by atoms with Crippen LogP contribution >= 0.6 is 0 Å². The van der Waals surface area contributed by atoms with Gasteiger partial charge in [0, 0.05) is 5.56 Å². The van der Waals surface area contributed by atoms with Crippen molar-refractivity contribution < 1.29 is 18.1 Å². The first-order valence-corrected chi connectivity index (χ1v) is 5.16. The minimum absolute atomic E-state index is 0.0444. The molecule has 4 nitrogen and oxygen atoms in total. The van der Waals surface area contributed by atoms with Gasteiger partial charge in [-0.15, -0.1) is 6.42 Å². The molecule has 5 heteroatoms. The van der Waals surface area contributed by atoms with Gasteiger partial charge in [0.25, 0.3) is 10.1 Å². The number of hydrogen-bond acceptors (Lipinski definition) is 3. The number of benzene rings is 1. The molecule has 0 heterocycles. The predicted octanol–water partition coefficient (Wildman–Crippen LogP) is 0.547. The zero-order valence-corrected chi connectivity index (χ0v) is 7.90. The molecule has 0 saturated carbocycles. The molecule has 0 bridgehead atoms. The highest BCUT2D eigenvalue weighted by molar-refractivity contribution is 7.85. The maximum atomic E-state index is 10.6. The van der Waals surface area contributed by atoms with E-state index in [1.54, 1.807) is 6.07 Å². The molecule has 2 N–H and O–H groups in total. The van der Waals surface area contributed by atoms with Crippen LogP contribution in [0.1, 0.15) is 16.6 Å². The van der Waals surface area contributed by atoms with Crippen LogP contribution in [0.3, 0.4) is 0 Å². The van der Waals surface area contributed by atoms with Crippen molar-refractivity contribution in [2.24, 2.45) is 0 Å². The largest absolute Gasteiger partial charge is 0.371 e. The van der Waals surface area contributed by atoms with Crippen molar-refractivity contribution in [2.75, 3.05) is 0 Å². The molecule has 0 spiro atoms. The van der Waals surface area contributed by atoms with Gasteiger partial charge >= 0.3 is 0 Å². The number of terminal acetylenes is 1. The lowest BCUT2D eigenvalue weighted by Crippen LogP contribution is -2.11. The molecule has 0 fully saturated rings. The summed E-state index contributed by atoms with van der Waals surface area (Å²) in [7, 11) is -4.49. The van der Waals surface area contributed by atoms with Crippen LogP contribution in [0.5, 0.6) is 0 Å². The third kappa shape index (κ3) is 2.33. The minimum Gasteiger partial charge on any atom is -0.371 e. The molecule has 0 saturated heterocycles. The molecule has 1 aromatic carbocycles. The first-order valence-electron chi connectivity index (χ1n) is 3.66. The van der Waals surface area contributed by atoms with Crippen LogP contribution in [0.25, 0.3) is 0 Å². The van der Waals surface area contributed by atoms with E-state index in [2.05, 4.69) is 5.92 Å². The fourth-order valence-electron chi connectivity index (χ4n) is 0.954. The first-order chi connectivity index (χ1) is 6.45. The molecule has 0 aliphatic carbocycles. The van der Waals surface area contributed by atoms with Crippen LogP contribution in [0.2, 0.25) is 0 Å². The van der Waals surface area contributed by atoms with Crippen molar-refractivity contribution in [1.82, 2.24) is 0 Å². The number of aliphatic hydroxyl groups is 1. The highest BCUT2D eigenvalue weighted by atomic mass is 32.2. The lowest BCUT2D eigenvalue weighted by Gasteiger charge is -2.07. The molecular formula is C9H8O4S. The Morgan fingerprint density at radius 3 is 2.57 bits per heavy atom. The normalized spacial score (nSPS) is 13.2. The van der Waals surface area contributed by atoms with Crippen molar-refractivity contribution in [2.45, 2.75) is 5.44 Å². The first kappa shape index (κ1) is 10.7. The van der Waals surface area contributed by atoms with Crippen molar-refractivity contribution in [3.8, 4) is 12.3 Å². The topological polar surface area (TPSA) is 74.6 Å². The summed E-state index contributed by atoms with van der Waals surface area (Å²) < 4.78 is 29.7. The van der Waals surface area contributed by atoms with Gasteiger partial charge in [-0.25, -0.2) is 0 Å². The third-order valence-electron chi connectivity index (χ3n) is 1.62. The summed E-state index contributed by atoms with van der Waals surface area (Å²) in [6, 6.07) is 5.76. The van der Waals surface area contributed by atoms with Gasteiger partial charge in [0.05, 0.1) is 0 Å². The van der Waals surface area contributed by atoms with E-state index < -0.39 is 15.6 Å². The monoisotopic (exact) mass is 212 g/mol. The smallest absolute Gasteiger partial charge is 0.296 e. The van der Waals surface area contributed by atoms with Crippen LogP contribution < -0.4 is 0 Å². The van der Waals surface area contributed by atoms with Crippen LogP contribution in [0.4, 0.5) is 0 Å². The van der Waals surface area contributed by atoms with Gasteiger partial charge in [-0.2, -0.15) is 8.42 Å². The molecule has 1 unspecified atom stereocenters. The Balaban J connectivity index is 3.16. The summed E-state index contributed by atoms with van der Waals surface area (Å²) in [6.07, 6.45) is 5.08. The zero-order chi connectivity index (χ0) is 10.8. The number of rotatable bonds is 2. The van der Waals surface area contributed by atoms with Crippen LogP contribution in [-0.2, 0) is 10.1 Å². The SMILES string of the molecule is C#Cc1cccc(C(O)S(=O)(=O)O)c1. The lowest BCUT2D eigenvalue weighted by molar-refractivity contribution is 0.238. The second-order valence-corrected chi connectivity index (χ2v) is 4.11. The molecule has 1 rings (SSSR count). The van der Waals surface area contributed by atoms with Gasteiger partial charge in [-0.05, 0) is 17.7 Å². The van der Waals surface area contributed by atoms with Crippen LogP contribution in [-0.4, -0.2) is 18.1 Å². The molecule has 0 aliphatic rings.